The number of methoxy groups -OCH3 is 2. The van der Waals surface area contributed by atoms with Crippen LogP contribution in [0.25, 0.3) is 0 Å². The standard InChI is InChI=1S/C26H36N6O10/c1-41-25(39)19(11-17-5-3-7-27-17)29-21(33)13-31(15-23(35)36)9-10-32(16-24(37)38)14-22(34)30-20(26(40)42-2)12-18-6-4-8-28-18/h5-8,19-20H,3-4,9-16H2,1-2H3,(H,29,33)(H,30,34)(H,35,36)(H,37,38). The molecule has 0 aromatic carbocycles. The molecule has 0 fully saturated rings. The molecule has 230 valence electrons. The Bertz CT molecular complexity index is 1060. The van der Waals surface area contributed by atoms with Gasteiger partial charge in [0.1, 0.15) is 12.1 Å². The fraction of sp³-hybridized carbons (Fsp3) is 0.538. The molecule has 0 saturated heterocycles. The lowest BCUT2D eigenvalue weighted by Gasteiger charge is -2.26. The summed E-state index contributed by atoms with van der Waals surface area (Å²) in [5.41, 5.74) is 1.19. The minimum absolute atomic E-state index is 0.0888. The highest BCUT2D eigenvalue weighted by atomic mass is 16.5. The molecular weight excluding hydrogens is 556 g/mol. The molecule has 0 aromatic heterocycles. The van der Waals surface area contributed by atoms with Crippen LogP contribution in [-0.2, 0) is 38.2 Å². The van der Waals surface area contributed by atoms with E-state index in [0.717, 1.165) is 0 Å². The Labute approximate surface area is 242 Å². The van der Waals surface area contributed by atoms with Gasteiger partial charge in [0.15, 0.2) is 0 Å². The van der Waals surface area contributed by atoms with Gasteiger partial charge >= 0.3 is 23.9 Å². The zero-order valence-corrected chi connectivity index (χ0v) is 23.5. The maximum absolute atomic E-state index is 12.8. The summed E-state index contributed by atoms with van der Waals surface area (Å²) in [6.07, 6.45) is 8.27. The number of hydrogen-bond donors (Lipinski definition) is 4. The smallest absolute Gasteiger partial charge is 0.328 e. The molecule has 2 aliphatic rings. The number of allylic oxidation sites excluding steroid dienone is 2. The predicted octanol–water partition coefficient (Wildman–Crippen LogP) is -1.43. The summed E-state index contributed by atoms with van der Waals surface area (Å²) in [6, 6.07) is -2.09. The molecule has 0 radical (unpaired) electrons. The van der Waals surface area contributed by atoms with Crippen molar-refractivity contribution in [2.75, 3.05) is 53.5 Å². The largest absolute Gasteiger partial charge is 0.480 e. The van der Waals surface area contributed by atoms with E-state index in [1.807, 2.05) is 0 Å². The minimum atomic E-state index is -1.25. The number of carboxylic acids is 2. The van der Waals surface area contributed by atoms with Gasteiger partial charge < -0.3 is 30.3 Å². The molecule has 0 aromatic rings. The molecule has 0 bridgehead atoms. The molecule has 16 nitrogen and oxygen atoms in total. The highest BCUT2D eigenvalue weighted by molar-refractivity contribution is 5.87. The Kier molecular flexibility index (Phi) is 14.0. The minimum Gasteiger partial charge on any atom is -0.480 e. The Morgan fingerprint density at radius 1 is 0.738 bits per heavy atom. The Balaban J connectivity index is 2.02. The maximum Gasteiger partial charge on any atom is 0.328 e. The number of hydrogen-bond acceptors (Lipinski definition) is 12. The lowest BCUT2D eigenvalue weighted by atomic mass is 10.1. The second kappa shape index (κ2) is 17.4. The van der Waals surface area contributed by atoms with E-state index < -0.39 is 74.0 Å². The van der Waals surface area contributed by atoms with Gasteiger partial charge in [-0.2, -0.15) is 0 Å². The summed E-state index contributed by atoms with van der Waals surface area (Å²) in [6.45, 7) is -2.23. The lowest BCUT2D eigenvalue weighted by molar-refractivity contribution is -0.146. The second-order valence-corrected chi connectivity index (χ2v) is 9.39. The van der Waals surface area contributed by atoms with Gasteiger partial charge in [0.2, 0.25) is 11.8 Å². The number of esters is 2. The summed E-state index contributed by atoms with van der Waals surface area (Å²) < 4.78 is 9.51. The van der Waals surface area contributed by atoms with E-state index in [-0.39, 0.29) is 25.9 Å². The van der Waals surface area contributed by atoms with Crippen molar-refractivity contribution in [1.82, 2.24) is 20.4 Å². The van der Waals surface area contributed by atoms with Crippen molar-refractivity contribution >= 4 is 48.1 Å². The second-order valence-electron chi connectivity index (χ2n) is 9.39. The van der Waals surface area contributed by atoms with Crippen LogP contribution in [0.3, 0.4) is 0 Å². The summed E-state index contributed by atoms with van der Waals surface area (Å²) >= 11 is 0. The number of carbonyl (C=O) groups excluding carboxylic acids is 4. The van der Waals surface area contributed by atoms with Crippen LogP contribution in [0, 0.1) is 0 Å². The fourth-order valence-corrected chi connectivity index (χ4v) is 4.16. The van der Waals surface area contributed by atoms with Crippen LogP contribution >= 0.6 is 0 Å². The van der Waals surface area contributed by atoms with Crippen LogP contribution in [0.2, 0.25) is 0 Å². The van der Waals surface area contributed by atoms with E-state index in [9.17, 15) is 39.0 Å². The van der Waals surface area contributed by atoms with Gasteiger partial charge in [-0.1, -0.05) is 12.2 Å². The summed E-state index contributed by atoms with van der Waals surface area (Å²) in [4.78, 5) is 83.5. The first-order valence-corrected chi connectivity index (χ1v) is 13.1. The lowest BCUT2D eigenvalue weighted by Crippen LogP contribution is -2.50. The Hall–Kier alpha value is -4.44. The van der Waals surface area contributed by atoms with Gasteiger partial charge in [0.05, 0.1) is 40.4 Å². The third-order valence-electron chi connectivity index (χ3n) is 6.08. The van der Waals surface area contributed by atoms with Gasteiger partial charge in [-0.05, 0) is 0 Å². The van der Waals surface area contributed by atoms with Crippen molar-refractivity contribution in [2.24, 2.45) is 9.98 Å². The molecule has 0 spiro atoms. The topological polar surface area (TPSA) is 217 Å². The van der Waals surface area contributed by atoms with Crippen LogP contribution in [0.5, 0.6) is 0 Å². The average Bonchev–Trinajstić information content (AvgIpc) is 3.64. The van der Waals surface area contributed by atoms with Crippen molar-refractivity contribution in [3.8, 4) is 0 Å². The molecule has 16 heteroatoms. The fourth-order valence-electron chi connectivity index (χ4n) is 4.16. The molecule has 2 aliphatic heterocycles. The first-order valence-electron chi connectivity index (χ1n) is 13.1. The molecule has 2 amide bonds. The van der Waals surface area contributed by atoms with Crippen LogP contribution in [-0.4, -0.2) is 134 Å². The Morgan fingerprint density at radius 2 is 1.12 bits per heavy atom. The van der Waals surface area contributed by atoms with Crippen molar-refractivity contribution in [1.29, 1.82) is 0 Å². The van der Waals surface area contributed by atoms with Crippen molar-refractivity contribution in [3.05, 3.63) is 23.5 Å². The molecule has 42 heavy (non-hydrogen) atoms. The number of ether oxygens (including phenoxy) is 2. The molecule has 4 N–H and O–H groups in total. The molecule has 2 rings (SSSR count). The predicted molar refractivity (Wildman–Crippen MR) is 148 cm³/mol. The molecule has 2 unspecified atom stereocenters. The van der Waals surface area contributed by atoms with Gasteiger partial charge in [-0.3, -0.25) is 39.0 Å². The van der Waals surface area contributed by atoms with Gasteiger partial charge in [0.25, 0.3) is 0 Å². The highest BCUT2D eigenvalue weighted by Gasteiger charge is 2.27. The number of aliphatic imine (C=N–C) groups is 2. The summed E-state index contributed by atoms with van der Waals surface area (Å²) in [5, 5.41) is 23.7. The normalized spacial score (nSPS) is 15.1. The van der Waals surface area contributed by atoms with Crippen LogP contribution in [0.4, 0.5) is 0 Å². The highest BCUT2D eigenvalue weighted by Crippen LogP contribution is 2.14. The van der Waals surface area contributed by atoms with E-state index in [4.69, 9.17) is 9.47 Å². The molecular formula is C26H36N6O10. The molecule has 0 saturated carbocycles. The molecule has 2 atom stereocenters. The molecule has 2 heterocycles. The molecule has 0 aliphatic carbocycles. The van der Waals surface area contributed by atoms with E-state index in [0.29, 0.717) is 24.2 Å². The van der Waals surface area contributed by atoms with Crippen molar-refractivity contribution < 1.29 is 48.5 Å². The van der Waals surface area contributed by atoms with Crippen molar-refractivity contribution in [3.63, 3.8) is 0 Å². The number of nitrogens with zero attached hydrogens (tertiary/aromatic N) is 4. The average molecular weight is 593 g/mol. The maximum atomic E-state index is 12.8. The quantitative estimate of drug-likeness (QED) is 0.127. The summed E-state index contributed by atoms with van der Waals surface area (Å²) in [7, 11) is 2.34. The summed E-state index contributed by atoms with van der Waals surface area (Å²) in [5.74, 6) is -5.22. The number of rotatable bonds is 19. The SMILES string of the molecule is COC(=O)C(CC1=CCC=N1)NC(=O)CN(CCN(CC(=O)O)CC(=O)NC(CC1=CCC=N1)C(=O)OC)CC(=O)O. The van der Waals surface area contributed by atoms with Crippen LogP contribution in [0.1, 0.15) is 25.7 Å². The van der Waals surface area contributed by atoms with Gasteiger partial charge in [-0.25, -0.2) is 9.59 Å². The number of amides is 2. The van der Waals surface area contributed by atoms with Crippen LogP contribution in [0.15, 0.2) is 33.5 Å². The van der Waals surface area contributed by atoms with Gasteiger partial charge in [0, 0.05) is 62.6 Å². The number of carboxylic acid groups (broad SMARTS) is 2. The van der Waals surface area contributed by atoms with Crippen molar-refractivity contribution in [2.45, 2.75) is 37.8 Å². The zero-order chi connectivity index (χ0) is 31.1. The first-order chi connectivity index (χ1) is 20.0. The monoisotopic (exact) mass is 592 g/mol. The number of nitrogens with one attached hydrogen (secondary N) is 2. The van der Waals surface area contributed by atoms with E-state index in [1.54, 1.807) is 24.6 Å². The first kappa shape index (κ1) is 33.8. The van der Waals surface area contributed by atoms with E-state index in [2.05, 4.69) is 20.6 Å². The van der Waals surface area contributed by atoms with E-state index in [1.165, 1.54) is 24.0 Å². The third-order valence-corrected chi connectivity index (χ3v) is 6.08. The van der Waals surface area contributed by atoms with Crippen LogP contribution < -0.4 is 10.6 Å². The number of aliphatic carboxylic acids is 2. The number of carbonyl (C=O) groups is 6. The Morgan fingerprint density at radius 3 is 1.40 bits per heavy atom. The third kappa shape index (κ3) is 12.4. The zero-order valence-electron chi connectivity index (χ0n) is 23.5. The van der Waals surface area contributed by atoms with E-state index >= 15 is 0 Å². The van der Waals surface area contributed by atoms with Gasteiger partial charge in [-0.15, -0.1) is 0 Å².